The van der Waals surface area contributed by atoms with E-state index in [1.54, 1.807) is 0 Å². The zero-order valence-electron chi connectivity index (χ0n) is 15.4. The highest BCUT2D eigenvalue weighted by atomic mass is 127. The molecule has 0 radical (unpaired) electrons. The minimum absolute atomic E-state index is 0. The Morgan fingerprint density at radius 2 is 1.88 bits per heavy atom. The number of nitrogens with one attached hydrogen (secondary N) is 2. The molecule has 0 amide bonds. The first-order chi connectivity index (χ1) is 10.6. The van der Waals surface area contributed by atoms with Crippen LogP contribution in [0.3, 0.4) is 0 Å². The van der Waals surface area contributed by atoms with Gasteiger partial charge in [0.15, 0.2) is 5.96 Å². The summed E-state index contributed by atoms with van der Waals surface area (Å²) in [5.74, 6) is 0.916. The lowest BCUT2D eigenvalue weighted by atomic mass is 9.86. The predicted molar refractivity (Wildman–Crippen MR) is 111 cm³/mol. The lowest BCUT2D eigenvalue weighted by molar-refractivity contribution is 0.309. The molecule has 0 aromatic rings. The molecule has 0 aromatic heterocycles. The number of rotatable bonds is 5. The van der Waals surface area contributed by atoms with Crippen molar-refractivity contribution in [2.24, 2.45) is 10.4 Å². The van der Waals surface area contributed by atoms with Crippen LogP contribution in [0.15, 0.2) is 4.99 Å². The minimum Gasteiger partial charge on any atom is -0.357 e. The Labute approximate surface area is 164 Å². The van der Waals surface area contributed by atoms with Gasteiger partial charge in [0.05, 0.1) is 12.8 Å². The van der Waals surface area contributed by atoms with Gasteiger partial charge in [-0.1, -0.05) is 12.8 Å². The highest BCUT2D eigenvalue weighted by Gasteiger charge is 2.41. The van der Waals surface area contributed by atoms with E-state index in [2.05, 4.69) is 21.9 Å². The molecule has 1 spiro atoms. The summed E-state index contributed by atoms with van der Waals surface area (Å²) in [5.41, 5.74) is -0.0876. The van der Waals surface area contributed by atoms with Crippen molar-refractivity contribution in [3.05, 3.63) is 0 Å². The van der Waals surface area contributed by atoms with Crippen LogP contribution in [-0.2, 0) is 10.0 Å². The van der Waals surface area contributed by atoms with Gasteiger partial charge in [-0.3, -0.25) is 4.99 Å². The molecule has 0 bridgehead atoms. The molecule has 0 unspecified atom stereocenters. The molecular weight excluding hydrogens is 439 g/mol. The Morgan fingerprint density at radius 1 is 1.25 bits per heavy atom. The van der Waals surface area contributed by atoms with Crippen LogP contribution < -0.4 is 10.0 Å². The van der Waals surface area contributed by atoms with E-state index in [0.29, 0.717) is 12.0 Å². The van der Waals surface area contributed by atoms with Crippen LogP contribution in [0.25, 0.3) is 0 Å². The predicted octanol–water partition coefficient (Wildman–Crippen LogP) is 2.16. The molecule has 1 aliphatic carbocycles. The molecule has 1 heterocycles. The standard InChI is InChI=1S/C16H32N4O2S.HI/c1-5-17-14(18-12-15(2,3)19-23(4,21)22)20-11-10-16(13-20)8-6-7-9-16;/h19H,5-13H2,1-4H3,(H,17,18);1H. The van der Waals surface area contributed by atoms with E-state index in [9.17, 15) is 8.42 Å². The molecule has 2 rings (SSSR count). The molecule has 0 atom stereocenters. The third-order valence-electron chi connectivity index (χ3n) is 4.82. The summed E-state index contributed by atoms with van der Waals surface area (Å²) in [7, 11) is -3.23. The number of halogens is 1. The van der Waals surface area contributed by atoms with Gasteiger partial charge in [-0.15, -0.1) is 24.0 Å². The molecule has 142 valence electrons. The first kappa shape index (κ1) is 22.0. The van der Waals surface area contributed by atoms with Gasteiger partial charge in [0, 0.05) is 25.2 Å². The summed E-state index contributed by atoms with van der Waals surface area (Å²) in [6, 6.07) is 0. The van der Waals surface area contributed by atoms with E-state index in [1.165, 1.54) is 38.4 Å². The van der Waals surface area contributed by atoms with E-state index in [4.69, 9.17) is 4.99 Å². The Kier molecular flexibility index (Phi) is 7.80. The van der Waals surface area contributed by atoms with Crippen LogP contribution in [0.5, 0.6) is 0 Å². The number of aliphatic imine (C=N–C) groups is 1. The third kappa shape index (κ3) is 6.33. The molecule has 6 nitrogen and oxygen atoms in total. The van der Waals surface area contributed by atoms with Gasteiger partial charge < -0.3 is 10.2 Å². The van der Waals surface area contributed by atoms with Crippen molar-refractivity contribution < 1.29 is 8.42 Å². The van der Waals surface area contributed by atoms with Crippen LogP contribution in [0.1, 0.15) is 52.9 Å². The zero-order chi connectivity index (χ0) is 17.1. The molecule has 1 aliphatic heterocycles. The van der Waals surface area contributed by atoms with Gasteiger partial charge in [-0.25, -0.2) is 13.1 Å². The van der Waals surface area contributed by atoms with Gasteiger partial charge in [0.1, 0.15) is 0 Å². The van der Waals surface area contributed by atoms with Gasteiger partial charge in [-0.2, -0.15) is 0 Å². The summed E-state index contributed by atoms with van der Waals surface area (Å²) in [4.78, 5) is 7.06. The summed E-state index contributed by atoms with van der Waals surface area (Å²) < 4.78 is 25.6. The van der Waals surface area contributed by atoms with Crippen molar-refractivity contribution in [3.8, 4) is 0 Å². The number of nitrogens with zero attached hydrogens (tertiary/aromatic N) is 2. The number of hydrogen-bond donors (Lipinski definition) is 2. The van der Waals surface area contributed by atoms with Crippen molar-refractivity contribution in [2.75, 3.05) is 32.4 Å². The van der Waals surface area contributed by atoms with Gasteiger partial charge in [0.25, 0.3) is 0 Å². The second-order valence-electron chi connectivity index (χ2n) is 7.81. The second kappa shape index (κ2) is 8.53. The quantitative estimate of drug-likeness (QED) is 0.366. The fraction of sp³-hybridized carbons (Fsp3) is 0.938. The van der Waals surface area contributed by atoms with Crippen molar-refractivity contribution >= 4 is 40.0 Å². The van der Waals surface area contributed by atoms with Crippen molar-refractivity contribution in [3.63, 3.8) is 0 Å². The maximum atomic E-state index is 11.5. The van der Waals surface area contributed by atoms with E-state index in [0.717, 1.165) is 25.6 Å². The van der Waals surface area contributed by atoms with Crippen LogP contribution in [0, 0.1) is 5.41 Å². The van der Waals surface area contributed by atoms with E-state index in [1.807, 2.05) is 13.8 Å². The van der Waals surface area contributed by atoms with Crippen molar-refractivity contribution in [1.82, 2.24) is 14.9 Å². The highest BCUT2D eigenvalue weighted by Crippen LogP contribution is 2.45. The fourth-order valence-corrected chi connectivity index (χ4v) is 4.95. The van der Waals surface area contributed by atoms with E-state index in [-0.39, 0.29) is 24.0 Å². The Hall–Kier alpha value is -0.0900. The average Bonchev–Trinajstić information content (AvgIpc) is 3.03. The Bertz CT molecular complexity index is 542. The molecule has 2 fully saturated rings. The monoisotopic (exact) mass is 472 g/mol. The molecule has 1 saturated heterocycles. The minimum atomic E-state index is -3.23. The first-order valence-electron chi connectivity index (χ1n) is 8.67. The van der Waals surface area contributed by atoms with Crippen LogP contribution in [0.2, 0.25) is 0 Å². The largest absolute Gasteiger partial charge is 0.357 e. The van der Waals surface area contributed by atoms with Gasteiger partial charge in [-0.05, 0) is 45.4 Å². The summed E-state index contributed by atoms with van der Waals surface area (Å²) in [6.07, 6.45) is 7.82. The van der Waals surface area contributed by atoms with Crippen molar-refractivity contribution in [2.45, 2.75) is 58.4 Å². The van der Waals surface area contributed by atoms with Crippen LogP contribution >= 0.6 is 24.0 Å². The summed E-state index contributed by atoms with van der Waals surface area (Å²) in [5, 5.41) is 3.37. The number of guanidine groups is 1. The van der Waals surface area contributed by atoms with Crippen LogP contribution in [-0.4, -0.2) is 57.3 Å². The van der Waals surface area contributed by atoms with E-state index < -0.39 is 15.6 Å². The van der Waals surface area contributed by atoms with Gasteiger partial charge in [0.2, 0.25) is 10.0 Å². The Morgan fingerprint density at radius 3 is 2.42 bits per heavy atom. The molecule has 0 aromatic carbocycles. The summed E-state index contributed by atoms with van der Waals surface area (Å²) >= 11 is 0. The number of likely N-dealkylation sites (tertiary alicyclic amines) is 1. The molecule has 2 aliphatic rings. The normalized spacial score (nSPS) is 21.2. The molecular formula is C16H33IN4O2S. The Balaban J connectivity index is 0.00000288. The maximum Gasteiger partial charge on any atom is 0.209 e. The van der Waals surface area contributed by atoms with E-state index >= 15 is 0 Å². The van der Waals surface area contributed by atoms with Crippen LogP contribution in [0.4, 0.5) is 0 Å². The fourth-order valence-electron chi connectivity index (χ4n) is 3.88. The summed E-state index contributed by atoms with van der Waals surface area (Å²) in [6.45, 7) is 9.17. The van der Waals surface area contributed by atoms with Crippen molar-refractivity contribution in [1.29, 1.82) is 0 Å². The maximum absolute atomic E-state index is 11.5. The zero-order valence-corrected chi connectivity index (χ0v) is 18.5. The third-order valence-corrected chi connectivity index (χ3v) is 5.75. The smallest absolute Gasteiger partial charge is 0.209 e. The van der Waals surface area contributed by atoms with Gasteiger partial charge >= 0.3 is 0 Å². The highest BCUT2D eigenvalue weighted by molar-refractivity contribution is 14.0. The molecule has 1 saturated carbocycles. The second-order valence-corrected chi connectivity index (χ2v) is 9.56. The molecule has 24 heavy (non-hydrogen) atoms. The average molecular weight is 472 g/mol. The first-order valence-corrected chi connectivity index (χ1v) is 10.6. The molecule has 8 heteroatoms. The number of sulfonamides is 1. The topological polar surface area (TPSA) is 73.8 Å². The number of hydrogen-bond acceptors (Lipinski definition) is 3. The molecule has 2 N–H and O–H groups in total. The SMILES string of the molecule is CCNC(=NCC(C)(C)NS(C)(=O)=O)N1CCC2(CCCC2)C1.I. The lowest BCUT2D eigenvalue weighted by Crippen LogP contribution is -2.47. The lowest BCUT2D eigenvalue weighted by Gasteiger charge is -2.28.